The van der Waals surface area contributed by atoms with Crippen molar-refractivity contribution in [1.29, 1.82) is 5.26 Å². The number of aromatic nitrogens is 2. The van der Waals surface area contributed by atoms with Crippen LogP contribution < -0.4 is 14.3 Å². The molecule has 0 atom stereocenters. The predicted octanol–water partition coefficient (Wildman–Crippen LogP) is 2.22. The lowest BCUT2D eigenvalue weighted by molar-refractivity contribution is -0.114. The van der Waals surface area contributed by atoms with E-state index in [1.807, 2.05) is 13.0 Å². The van der Waals surface area contributed by atoms with Gasteiger partial charge in [0, 0.05) is 14.2 Å². The van der Waals surface area contributed by atoms with E-state index in [1.54, 1.807) is 37.1 Å². The van der Waals surface area contributed by atoms with E-state index < -0.39 is 5.91 Å². The monoisotopic (exact) mass is 446 g/mol. The number of nitrogens with zero attached hydrogens (tertiary/aromatic N) is 4. The lowest BCUT2D eigenvalue weighted by Crippen LogP contribution is -2.21. The van der Waals surface area contributed by atoms with Gasteiger partial charge in [0.1, 0.15) is 23.3 Å². The number of nitriles is 1. The van der Waals surface area contributed by atoms with Crippen molar-refractivity contribution >= 4 is 23.3 Å². The van der Waals surface area contributed by atoms with E-state index in [-0.39, 0.29) is 5.57 Å². The molecule has 0 spiro atoms. The van der Waals surface area contributed by atoms with Crippen molar-refractivity contribution in [3.63, 3.8) is 0 Å². The summed E-state index contributed by atoms with van der Waals surface area (Å²) in [5.74, 6) is 0.389. The van der Waals surface area contributed by atoms with Crippen molar-refractivity contribution in [1.82, 2.24) is 9.78 Å². The maximum absolute atomic E-state index is 12.7. The highest BCUT2D eigenvalue weighted by Crippen LogP contribution is 2.29. The Labute approximate surface area is 185 Å². The van der Waals surface area contributed by atoms with Crippen LogP contribution in [0, 0.1) is 11.3 Å². The molecule has 2 aromatic rings. The van der Waals surface area contributed by atoms with Crippen LogP contribution in [0.25, 0.3) is 6.08 Å². The lowest BCUT2D eigenvalue weighted by Gasteiger charge is -2.11. The molecule has 0 saturated heterocycles. The lowest BCUT2D eigenvalue weighted by atomic mass is 10.1. The van der Waals surface area contributed by atoms with Crippen LogP contribution in [0.4, 0.5) is 0 Å². The molecular formula is C21H26N4O5S. The summed E-state index contributed by atoms with van der Waals surface area (Å²) in [4.78, 5) is 17.2. The summed E-state index contributed by atoms with van der Waals surface area (Å²) >= 11 is 1.32. The Kier molecular flexibility index (Phi) is 9.90. The van der Waals surface area contributed by atoms with E-state index in [0.29, 0.717) is 48.2 Å². The van der Waals surface area contributed by atoms with Crippen LogP contribution in [0.3, 0.4) is 0 Å². The normalized spacial score (nSPS) is 12.0. The highest BCUT2D eigenvalue weighted by molar-refractivity contribution is 7.08. The van der Waals surface area contributed by atoms with Gasteiger partial charge < -0.3 is 18.9 Å². The van der Waals surface area contributed by atoms with Crippen molar-refractivity contribution in [3.8, 4) is 17.6 Å². The van der Waals surface area contributed by atoms with Gasteiger partial charge in [0.15, 0.2) is 11.5 Å². The molecule has 0 radical (unpaired) electrons. The zero-order valence-corrected chi connectivity index (χ0v) is 18.9. The molecule has 1 amide bonds. The van der Waals surface area contributed by atoms with Crippen LogP contribution in [-0.2, 0) is 27.2 Å². The molecule has 0 unspecified atom stereocenters. The summed E-state index contributed by atoms with van der Waals surface area (Å²) in [5, 5.41) is 14.8. The average molecular weight is 447 g/mol. The van der Waals surface area contributed by atoms with Crippen LogP contribution in [0.15, 0.2) is 28.8 Å². The van der Waals surface area contributed by atoms with Gasteiger partial charge in [-0.05, 0) is 30.2 Å². The third kappa shape index (κ3) is 7.03. The number of ether oxygens (including phenoxy) is 4. The number of amides is 1. The fourth-order valence-electron chi connectivity index (χ4n) is 2.49. The Hall–Kier alpha value is -3.00. The smallest absolute Gasteiger partial charge is 0.290 e. The maximum Gasteiger partial charge on any atom is 0.290 e. The summed E-state index contributed by atoms with van der Waals surface area (Å²) in [6.07, 6.45) is 2.19. The maximum atomic E-state index is 12.7. The first kappa shape index (κ1) is 24.3. The zero-order valence-electron chi connectivity index (χ0n) is 18.1. The van der Waals surface area contributed by atoms with Gasteiger partial charge in [-0.3, -0.25) is 4.79 Å². The highest BCUT2D eigenvalue weighted by atomic mass is 32.1. The van der Waals surface area contributed by atoms with Gasteiger partial charge in [-0.2, -0.15) is 15.4 Å². The van der Waals surface area contributed by atoms with E-state index in [1.165, 1.54) is 24.5 Å². The molecule has 1 aromatic carbocycles. The topological polar surface area (TPSA) is 108 Å². The molecule has 1 heterocycles. The Morgan fingerprint density at radius 2 is 2.00 bits per heavy atom. The second-order valence-corrected chi connectivity index (χ2v) is 7.23. The van der Waals surface area contributed by atoms with Crippen LogP contribution in [0.1, 0.15) is 17.5 Å². The number of benzene rings is 1. The number of rotatable bonds is 11. The molecule has 166 valence electrons. The van der Waals surface area contributed by atoms with Crippen molar-refractivity contribution in [2.24, 2.45) is 4.99 Å². The van der Waals surface area contributed by atoms with E-state index in [0.717, 1.165) is 11.4 Å². The van der Waals surface area contributed by atoms with Gasteiger partial charge in [0.25, 0.3) is 5.91 Å². The van der Waals surface area contributed by atoms with Crippen LogP contribution in [0.2, 0.25) is 0 Å². The molecule has 9 nitrogen and oxygen atoms in total. The molecule has 0 aliphatic rings. The number of hydrogen-bond acceptors (Lipinski definition) is 8. The summed E-state index contributed by atoms with van der Waals surface area (Å²) < 4.78 is 22.6. The summed E-state index contributed by atoms with van der Waals surface area (Å²) in [6, 6.07) is 7.06. The first-order valence-electron chi connectivity index (χ1n) is 9.62. The summed E-state index contributed by atoms with van der Waals surface area (Å²) in [7, 11) is 4.70. The number of methoxy groups -OCH3 is 3. The van der Waals surface area contributed by atoms with E-state index >= 15 is 0 Å². The first-order valence-corrected chi connectivity index (χ1v) is 10.4. The molecule has 0 N–H and O–H groups in total. The summed E-state index contributed by atoms with van der Waals surface area (Å²) in [6.45, 7) is 3.70. The predicted molar refractivity (Wildman–Crippen MR) is 116 cm³/mol. The van der Waals surface area contributed by atoms with Crippen molar-refractivity contribution < 1.29 is 23.7 Å². The van der Waals surface area contributed by atoms with Crippen LogP contribution in [0.5, 0.6) is 11.5 Å². The SMILES string of the molecule is CCc1nn(CCOC)c(=NC(=O)/C(C#N)=C/c2ccc(OCCOC)c(OC)c2)s1. The number of aryl methyl sites for hydroxylation is 1. The number of hydrogen-bond donors (Lipinski definition) is 0. The van der Waals surface area contributed by atoms with Gasteiger partial charge in [0.2, 0.25) is 4.80 Å². The fourth-order valence-corrected chi connectivity index (χ4v) is 3.35. The summed E-state index contributed by atoms with van der Waals surface area (Å²) in [5.41, 5.74) is 0.515. The third-order valence-corrected chi connectivity index (χ3v) is 5.15. The quantitative estimate of drug-likeness (QED) is 0.296. The van der Waals surface area contributed by atoms with Gasteiger partial charge in [-0.25, -0.2) is 4.68 Å². The fraction of sp³-hybridized carbons (Fsp3) is 0.429. The van der Waals surface area contributed by atoms with Crippen LogP contribution >= 0.6 is 11.3 Å². The molecule has 31 heavy (non-hydrogen) atoms. The number of carbonyl (C=O) groups is 1. The van der Waals surface area contributed by atoms with Crippen molar-refractivity contribution in [2.45, 2.75) is 19.9 Å². The van der Waals surface area contributed by atoms with Gasteiger partial charge in [0.05, 0.1) is 26.9 Å². The highest BCUT2D eigenvalue weighted by Gasteiger charge is 2.12. The molecule has 0 aliphatic carbocycles. The average Bonchev–Trinajstić information content (AvgIpc) is 3.18. The minimum atomic E-state index is -0.639. The Bertz CT molecular complexity index is 1020. The molecule has 0 bridgehead atoms. The van der Waals surface area contributed by atoms with E-state index in [2.05, 4.69) is 10.1 Å². The molecule has 1 aromatic heterocycles. The standard InChI is InChI=1S/C21H26N4O5S/c1-5-19-24-25(8-9-27-2)21(31-19)23-20(26)16(14-22)12-15-6-7-17(18(13-15)29-4)30-11-10-28-3/h6-7,12-13H,5,8-11H2,1-4H3/b16-12+,23-21?. The molecule has 2 rings (SSSR count). The molecule has 0 aliphatic heterocycles. The van der Waals surface area contributed by atoms with Gasteiger partial charge >= 0.3 is 0 Å². The third-order valence-electron chi connectivity index (χ3n) is 4.06. The Morgan fingerprint density at radius 1 is 1.23 bits per heavy atom. The Morgan fingerprint density at radius 3 is 2.65 bits per heavy atom. The minimum Gasteiger partial charge on any atom is -0.493 e. The Balaban J connectivity index is 2.31. The first-order chi connectivity index (χ1) is 15.1. The zero-order chi connectivity index (χ0) is 22.6. The second kappa shape index (κ2) is 12.6. The second-order valence-electron chi connectivity index (χ2n) is 6.19. The van der Waals surface area contributed by atoms with Gasteiger partial charge in [-0.1, -0.05) is 24.3 Å². The van der Waals surface area contributed by atoms with Gasteiger partial charge in [-0.15, -0.1) is 0 Å². The van der Waals surface area contributed by atoms with Crippen LogP contribution in [-0.4, -0.2) is 56.8 Å². The molecule has 10 heteroatoms. The van der Waals surface area contributed by atoms with E-state index in [4.69, 9.17) is 18.9 Å². The van der Waals surface area contributed by atoms with Crippen molar-refractivity contribution in [3.05, 3.63) is 39.1 Å². The van der Waals surface area contributed by atoms with E-state index in [9.17, 15) is 10.1 Å². The molecule has 0 fully saturated rings. The number of carbonyl (C=O) groups excluding carboxylic acids is 1. The molecular weight excluding hydrogens is 420 g/mol. The molecule has 0 saturated carbocycles. The minimum absolute atomic E-state index is 0.0974. The van der Waals surface area contributed by atoms with Crippen molar-refractivity contribution in [2.75, 3.05) is 41.2 Å². The largest absolute Gasteiger partial charge is 0.493 e.